The highest BCUT2D eigenvalue weighted by Crippen LogP contribution is 2.66. The summed E-state index contributed by atoms with van der Waals surface area (Å²) in [6.45, 7) is -0.619. The Morgan fingerprint density at radius 3 is 2.61 bits per heavy atom. The Morgan fingerprint density at radius 2 is 1.97 bits per heavy atom. The molecule has 0 aliphatic carbocycles. The zero-order chi connectivity index (χ0) is 24.7. The number of hydrogen-bond donors (Lipinski definition) is 6. The van der Waals surface area contributed by atoms with Crippen LogP contribution >= 0.6 is 23.5 Å². The monoisotopic (exact) mass is 535 g/mol. The van der Waals surface area contributed by atoms with Crippen molar-refractivity contribution in [3.05, 3.63) is 16.7 Å². The molecule has 0 amide bonds. The van der Waals surface area contributed by atoms with Crippen molar-refractivity contribution >= 4 is 40.6 Å². The molecule has 2 unspecified atom stereocenters. The summed E-state index contributed by atoms with van der Waals surface area (Å²) in [7, 11) is -15.3. The van der Waals surface area contributed by atoms with E-state index in [1.54, 1.807) is 0 Å². The van der Waals surface area contributed by atoms with Gasteiger partial charge >= 0.3 is 23.5 Å². The van der Waals surface area contributed by atoms with Gasteiger partial charge in [0.05, 0.1) is 19.0 Å². The zero-order valence-electron chi connectivity index (χ0n) is 16.7. The molecule has 0 bridgehead atoms. The number of methoxy groups -OCH3 is 1. The summed E-state index contributed by atoms with van der Waals surface area (Å²) in [6, 6.07) is 0. The first kappa shape index (κ1) is 26.1. The van der Waals surface area contributed by atoms with Crippen molar-refractivity contribution in [2.45, 2.75) is 31.3 Å². The molecule has 2 aromatic rings. The van der Waals surface area contributed by atoms with E-state index in [1.165, 1.54) is 18.0 Å². The first-order chi connectivity index (χ1) is 15.1. The summed E-state index contributed by atoms with van der Waals surface area (Å²) < 4.78 is 58.5. The Bertz CT molecular complexity index is 1230. The second-order valence-corrected chi connectivity index (χ2v) is 11.2. The Balaban J connectivity index is 1.65. The Hall–Kier alpha value is -1.52. The van der Waals surface area contributed by atoms with Gasteiger partial charge in [0.15, 0.2) is 17.0 Å². The molecule has 0 saturated carbocycles. The van der Waals surface area contributed by atoms with Gasteiger partial charge in [-0.3, -0.25) is 14.3 Å². The van der Waals surface area contributed by atoms with Crippen LogP contribution in [-0.2, 0) is 42.9 Å². The van der Waals surface area contributed by atoms with Crippen LogP contribution in [0.3, 0.4) is 0 Å². The SMILES string of the molecule is CO[C@@]1(COP(=O)(O)OP(=O)(O)OP(=O)(O)O)CC[C@H](Cn2cnc3c(=O)[nH]c(N)nc32)O1. The Kier molecular flexibility index (Phi) is 7.32. The van der Waals surface area contributed by atoms with Crippen LogP contribution in [0.4, 0.5) is 5.95 Å². The molecule has 18 nitrogen and oxygen atoms in total. The third-order valence-corrected chi connectivity index (χ3v) is 8.14. The van der Waals surface area contributed by atoms with Crippen LogP contribution in [0.2, 0.25) is 0 Å². The summed E-state index contributed by atoms with van der Waals surface area (Å²) in [5, 5.41) is 0. The molecule has 3 rings (SSSR count). The second-order valence-electron chi connectivity index (χ2n) is 6.78. The molecule has 33 heavy (non-hydrogen) atoms. The molecule has 1 aliphatic rings. The maximum atomic E-state index is 11.9. The highest BCUT2D eigenvalue weighted by Gasteiger charge is 2.46. The lowest BCUT2D eigenvalue weighted by molar-refractivity contribution is -0.229. The fraction of sp³-hybridized carbons (Fsp3) is 0.583. The van der Waals surface area contributed by atoms with Crippen molar-refractivity contribution in [1.29, 1.82) is 0 Å². The number of nitrogens with zero attached hydrogens (tertiary/aromatic N) is 3. The number of phosphoric acid groups is 3. The molecule has 1 saturated heterocycles. The third-order valence-electron chi connectivity index (χ3n) is 4.36. The van der Waals surface area contributed by atoms with Crippen molar-refractivity contribution in [3.8, 4) is 0 Å². The zero-order valence-corrected chi connectivity index (χ0v) is 19.4. The fourth-order valence-corrected chi connectivity index (χ4v) is 6.11. The summed E-state index contributed by atoms with van der Waals surface area (Å²) in [6.07, 6.45) is 1.29. The Labute approximate surface area is 184 Å². The average Bonchev–Trinajstić information content (AvgIpc) is 3.23. The number of nitrogens with two attached hydrogens (primary N) is 1. The third kappa shape index (κ3) is 6.76. The lowest BCUT2D eigenvalue weighted by Gasteiger charge is -2.28. The van der Waals surface area contributed by atoms with Gasteiger partial charge in [0.1, 0.15) is 6.61 Å². The summed E-state index contributed by atoms with van der Waals surface area (Å²) >= 11 is 0. The Morgan fingerprint density at radius 1 is 1.27 bits per heavy atom. The first-order valence-corrected chi connectivity index (χ1v) is 13.4. The van der Waals surface area contributed by atoms with Gasteiger partial charge in [0.25, 0.3) is 5.56 Å². The molecule has 1 fully saturated rings. The number of hydrogen-bond acceptors (Lipinski definition) is 12. The van der Waals surface area contributed by atoms with Gasteiger partial charge in [0.2, 0.25) is 5.95 Å². The van der Waals surface area contributed by atoms with E-state index < -0.39 is 47.5 Å². The smallest absolute Gasteiger partial charge is 0.369 e. The van der Waals surface area contributed by atoms with Gasteiger partial charge in [-0.1, -0.05) is 0 Å². The molecule has 0 aromatic carbocycles. The van der Waals surface area contributed by atoms with E-state index in [0.29, 0.717) is 6.42 Å². The van der Waals surface area contributed by atoms with Crippen molar-refractivity contribution in [2.75, 3.05) is 19.5 Å². The van der Waals surface area contributed by atoms with Crippen LogP contribution in [0, 0.1) is 0 Å². The summed E-state index contributed by atoms with van der Waals surface area (Å²) in [4.78, 5) is 58.1. The number of rotatable bonds is 10. The minimum Gasteiger partial charge on any atom is -0.369 e. The molecule has 3 heterocycles. The molecule has 21 heteroatoms. The number of ether oxygens (including phenoxy) is 2. The minimum atomic E-state index is -5.65. The lowest BCUT2D eigenvalue weighted by atomic mass is 10.1. The van der Waals surface area contributed by atoms with E-state index in [0.717, 1.165) is 0 Å². The van der Waals surface area contributed by atoms with Gasteiger partial charge in [-0.05, 0) is 6.42 Å². The molecule has 1 aliphatic heterocycles. The standard InChI is InChI=1S/C12H20N5O13P3/c1-26-12(5-27-32(22,23)30-33(24,25)29-31(19,20)21)3-2-7(28-12)4-17-6-14-8-9(17)15-11(13)16-10(8)18/h6-7H,2-5H2,1H3,(H,22,23)(H,24,25)(H2,19,20,21)(H3,13,15,16,18)/t7-,12+/m1/s1. The molecular weight excluding hydrogens is 515 g/mol. The van der Waals surface area contributed by atoms with Crippen LogP contribution in [0.25, 0.3) is 11.2 Å². The number of fused-ring (bicyclic) bond motifs is 1. The highest BCUT2D eigenvalue weighted by molar-refractivity contribution is 7.66. The number of aromatic nitrogens is 4. The van der Waals surface area contributed by atoms with Crippen molar-refractivity contribution in [2.24, 2.45) is 0 Å². The van der Waals surface area contributed by atoms with Gasteiger partial charge in [0, 0.05) is 13.5 Å². The second kappa shape index (κ2) is 9.26. The number of phosphoric ester groups is 1. The van der Waals surface area contributed by atoms with Crippen LogP contribution in [0.5, 0.6) is 0 Å². The van der Waals surface area contributed by atoms with Crippen LogP contribution < -0.4 is 11.3 Å². The number of aromatic amines is 1. The van der Waals surface area contributed by atoms with Crippen molar-refractivity contribution < 1.29 is 55.9 Å². The van der Waals surface area contributed by atoms with Gasteiger partial charge in [-0.15, -0.1) is 0 Å². The van der Waals surface area contributed by atoms with Crippen LogP contribution in [0.15, 0.2) is 11.1 Å². The maximum Gasteiger partial charge on any atom is 0.490 e. The van der Waals surface area contributed by atoms with Gasteiger partial charge in [-0.25, -0.2) is 18.7 Å². The van der Waals surface area contributed by atoms with E-state index in [-0.39, 0.29) is 30.1 Å². The number of nitrogen functional groups attached to an aromatic ring is 1. The van der Waals surface area contributed by atoms with E-state index >= 15 is 0 Å². The van der Waals surface area contributed by atoms with Gasteiger partial charge in [-0.2, -0.15) is 13.6 Å². The molecule has 186 valence electrons. The number of H-pyrrole nitrogens is 1. The lowest BCUT2D eigenvalue weighted by Crippen LogP contribution is -2.37. The van der Waals surface area contributed by atoms with Crippen molar-refractivity contribution in [3.63, 3.8) is 0 Å². The molecule has 7 N–H and O–H groups in total. The average molecular weight is 535 g/mol. The first-order valence-electron chi connectivity index (χ1n) is 8.84. The predicted octanol–water partition coefficient (Wildman–Crippen LogP) is -0.433. The fourth-order valence-electron chi connectivity index (χ4n) is 3.05. The topological polar surface area (TPSA) is 268 Å². The van der Waals surface area contributed by atoms with E-state index in [9.17, 15) is 28.3 Å². The molecular formula is C12H20N5O13P3. The largest absolute Gasteiger partial charge is 0.490 e. The van der Waals surface area contributed by atoms with E-state index in [2.05, 4.69) is 28.1 Å². The van der Waals surface area contributed by atoms with Crippen molar-refractivity contribution in [1.82, 2.24) is 19.5 Å². The maximum absolute atomic E-state index is 11.9. The molecule has 2 aromatic heterocycles. The van der Waals surface area contributed by atoms with Crippen LogP contribution in [-0.4, -0.2) is 64.7 Å². The number of imidazole rings is 1. The molecule has 0 spiro atoms. The van der Waals surface area contributed by atoms with Gasteiger partial charge < -0.3 is 39.3 Å². The quantitative estimate of drug-likeness (QED) is 0.211. The van der Waals surface area contributed by atoms with Crippen LogP contribution in [0.1, 0.15) is 12.8 Å². The normalized spacial score (nSPS) is 25.2. The highest BCUT2D eigenvalue weighted by atomic mass is 31.3. The number of anilines is 1. The predicted molar refractivity (Wildman–Crippen MR) is 106 cm³/mol. The number of nitrogens with one attached hydrogen (secondary N) is 1. The van der Waals surface area contributed by atoms with E-state index in [1.807, 2.05) is 0 Å². The molecule has 0 radical (unpaired) electrons. The van der Waals surface area contributed by atoms with E-state index in [4.69, 9.17) is 25.0 Å². The summed E-state index contributed by atoms with van der Waals surface area (Å²) in [5.41, 5.74) is 5.31. The molecule has 4 atom stereocenters. The summed E-state index contributed by atoms with van der Waals surface area (Å²) in [5.74, 6) is -1.68. The minimum absolute atomic E-state index is 0.0628.